The second-order valence-electron chi connectivity index (χ2n) is 5.80. The van der Waals surface area contributed by atoms with Gasteiger partial charge in [0.1, 0.15) is 11.2 Å². The van der Waals surface area contributed by atoms with Crippen molar-refractivity contribution >= 4 is 38.1 Å². The highest BCUT2D eigenvalue weighted by molar-refractivity contribution is 7.85. The van der Waals surface area contributed by atoms with E-state index in [4.69, 9.17) is 4.84 Å². The molecule has 27 heavy (non-hydrogen) atoms. The standard InChI is InChI=1S/C20H21N3O2S2/c1-4-27(24)18-10-6-5-9-16(18)15-12-17-19(21-13-15)23-20(26-17)14(2)8-7-11-22-25-3/h5-13,22H,4H2,1-3H3/p+1/b11-7-,14-8+. The van der Waals surface area contributed by atoms with Gasteiger partial charge in [0, 0.05) is 22.4 Å². The zero-order chi connectivity index (χ0) is 19.2. The zero-order valence-electron chi connectivity index (χ0n) is 15.5. The number of allylic oxidation sites excluding steroid dienone is 3. The molecule has 7 heteroatoms. The third-order valence-electron chi connectivity index (χ3n) is 3.96. The SMILES string of the molecule is CCS(=O)c1ccccc1-c1cnc2nc(/C(C)=C/C=C\[NH2+]OC)sc2c1. The fourth-order valence-corrected chi connectivity index (χ4v) is 4.51. The second-order valence-corrected chi connectivity index (χ2v) is 8.54. The van der Waals surface area contributed by atoms with Crippen LogP contribution < -0.4 is 5.48 Å². The summed E-state index contributed by atoms with van der Waals surface area (Å²) in [7, 11) is 0.603. The molecule has 2 aromatic heterocycles. The van der Waals surface area contributed by atoms with Gasteiger partial charge in [-0.3, -0.25) is 4.21 Å². The summed E-state index contributed by atoms with van der Waals surface area (Å²) >= 11 is 1.60. The van der Waals surface area contributed by atoms with E-state index in [1.807, 2.05) is 62.7 Å². The van der Waals surface area contributed by atoms with Gasteiger partial charge in [0.05, 0.1) is 22.6 Å². The molecule has 1 unspecified atom stereocenters. The maximum Gasteiger partial charge on any atom is 0.170 e. The van der Waals surface area contributed by atoms with Crippen molar-refractivity contribution in [2.24, 2.45) is 0 Å². The molecule has 5 nitrogen and oxygen atoms in total. The van der Waals surface area contributed by atoms with E-state index in [2.05, 4.69) is 16.0 Å². The highest BCUT2D eigenvalue weighted by Crippen LogP contribution is 2.31. The monoisotopic (exact) mass is 400 g/mol. The van der Waals surface area contributed by atoms with Crippen molar-refractivity contribution in [3.63, 3.8) is 0 Å². The average molecular weight is 401 g/mol. The predicted octanol–water partition coefficient (Wildman–Crippen LogP) is 3.53. The molecule has 0 saturated heterocycles. The van der Waals surface area contributed by atoms with Crippen LogP contribution in [0, 0.1) is 0 Å². The number of aromatic nitrogens is 2. The van der Waals surface area contributed by atoms with Gasteiger partial charge in [-0.2, -0.15) is 5.48 Å². The first-order chi connectivity index (χ1) is 13.1. The summed E-state index contributed by atoms with van der Waals surface area (Å²) in [6.07, 6.45) is 7.55. The van der Waals surface area contributed by atoms with E-state index in [1.165, 1.54) is 0 Å². The molecule has 0 aliphatic heterocycles. The molecule has 2 N–H and O–H groups in total. The molecule has 0 aliphatic rings. The molecule has 3 aromatic rings. The zero-order valence-corrected chi connectivity index (χ0v) is 17.1. The number of hydroxylamine groups is 1. The van der Waals surface area contributed by atoms with Crippen LogP contribution in [0.3, 0.4) is 0 Å². The summed E-state index contributed by atoms with van der Waals surface area (Å²) in [6.45, 7) is 3.95. The maximum atomic E-state index is 12.4. The molecule has 2 heterocycles. The van der Waals surface area contributed by atoms with Crippen molar-refractivity contribution in [1.29, 1.82) is 0 Å². The molecule has 0 bridgehead atoms. The topological polar surface area (TPSA) is 68.7 Å². The van der Waals surface area contributed by atoms with E-state index >= 15 is 0 Å². The maximum absolute atomic E-state index is 12.4. The minimum Gasteiger partial charge on any atom is -0.254 e. The molecule has 0 saturated carbocycles. The molecule has 1 atom stereocenters. The van der Waals surface area contributed by atoms with E-state index in [0.717, 1.165) is 37.0 Å². The average Bonchev–Trinajstić information content (AvgIpc) is 3.14. The van der Waals surface area contributed by atoms with E-state index in [9.17, 15) is 4.21 Å². The lowest BCUT2D eigenvalue weighted by molar-refractivity contribution is -0.842. The number of nitrogens with two attached hydrogens (primary N) is 1. The lowest BCUT2D eigenvalue weighted by atomic mass is 10.1. The number of hydrogen-bond acceptors (Lipinski definition) is 5. The van der Waals surface area contributed by atoms with Crippen LogP contribution in [0.25, 0.3) is 27.0 Å². The lowest BCUT2D eigenvalue weighted by Crippen LogP contribution is -2.75. The first-order valence-corrected chi connectivity index (χ1v) is 10.7. The molecule has 0 fully saturated rings. The molecule has 3 rings (SSSR count). The van der Waals surface area contributed by atoms with Crippen molar-refractivity contribution in [3.05, 3.63) is 59.9 Å². The van der Waals surface area contributed by atoms with Gasteiger partial charge in [-0.1, -0.05) is 31.2 Å². The minimum atomic E-state index is -1.01. The summed E-state index contributed by atoms with van der Waals surface area (Å²) in [5, 5.41) is 0.933. The predicted molar refractivity (Wildman–Crippen MR) is 112 cm³/mol. The number of fused-ring (bicyclic) bond motifs is 1. The molecule has 0 aliphatic carbocycles. The Morgan fingerprint density at radius 3 is 2.96 bits per heavy atom. The number of thiazole rings is 1. The highest BCUT2D eigenvalue weighted by atomic mass is 32.2. The fourth-order valence-electron chi connectivity index (χ4n) is 2.59. The van der Waals surface area contributed by atoms with Crippen LogP contribution in [0.4, 0.5) is 0 Å². The normalized spacial score (nSPS) is 13.5. The minimum absolute atomic E-state index is 0.593. The smallest absolute Gasteiger partial charge is 0.170 e. The van der Waals surface area contributed by atoms with Gasteiger partial charge >= 0.3 is 0 Å². The Morgan fingerprint density at radius 1 is 1.37 bits per heavy atom. The van der Waals surface area contributed by atoms with Crippen LogP contribution in [0.1, 0.15) is 18.9 Å². The third kappa shape index (κ3) is 4.56. The number of quaternary nitrogens is 1. The van der Waals surface area contributed by atoms with Crippen molar-refractivity contribution in [1.82, 2.24) is 9.97 Å². The Bertz CT molecular complexity index is 1020. The quantitative estimate of drug-likeness (QED) is 0.487. The van der Waals surface area contributed by atoms with E-state index < -0.39 is 10.8 Å². The second kappa shape index (κ2) is 9.14. The van der Waals surface area contributed by atoms with Crippen LogP contribution in [-0.2, 0) is 15.6 Å². The van der Waals surface area contributed by atoms with E-state index in [-0.39, 0.29) is 0 Å². The van der Waals surface area contributed by atoms with Crippen molar-refractivity contribution in [2.45, 2.75) is 18.7 Å². The number of benzene rings is 1. The summed E-state index contributed by atoms with van der Waals surface area (Å²) in [5.74, 6) is 0.593. The van der Waals surface area contributed by atoms with Gasteiger partial charge in [-0.25, -0.2) is 14.8 Å². The molecule has 0 amide bonds. The highest BCUT2D eigenvalue weighted by Gasteiger charge is 2.12. The summed E-state index contributed by atoms with van der Waals surface area (Å²) in [6, 6.07) is 9.89. The third-order valence-corrected chi connectivity index (χ3v) is 6.46. The van der Waals surface area contributed by atoms with Gasteiger partial charge in [-0.15, -0.1) is 11.3 Å². The molecule has 0 spiro atoms. The van der Waals surface area contributed by atoms with Gasteiger partial charge in [-0.05, 0) is 36.3 Å². The number of hydrogen-bond donors (Lipinski definition) is 1. The first kappa shape index (κ1) is 19.6. The number of pyridine rings is 1. The van der Waals surface area contributed by atoms with Crippen molar-refractivity contribution in [3.8, 4) is 11.1 Å². The first-order valence-electron chi connectivity index (χ1n) is 8.58. The molecular formula is C20H22N3O2S2+. The van der Waals surface area contributed by atoms with Gasteiger partial charge in [0.15, 0.2) is 5.65 Å². The van der Waals surface area contributed by atoms with Crippen molar-refractivity contribution in [2.75, 3.05) is 12.9 Å². The van der Waals surface area contributed by atoms with Crippen LogP contribution in [0.5, 0.6) is 0 Å². The van der Waals surface area contributed by atoms with E-state index in [0.29, 0.717) is 5.75 Å². The molecule has 0 radical (unpaired) electrons. The van der Waals surface area contributed by atoms with Crippen LogP contribution in [-0.4, -0.2) is 27.0 Å². The van der Waals surface area contributed by atoms with Crippen LogP contribution in [0.15, 0.2) is 59.8 Å². The summed E-state index contributed by atoms with van der Waals surface area (Å²) in [4.78, 5) is 14.9. The van der Waals surface area contributed by atoms with Crippen molar-refractivity contribution < 1.29 is 14.5 Å². The lowest BCUT2D eigenvalue weighted by Gasteiger charge is -2.08. The fraction of sp³-hybridized carbons (Fsp3) is 0.200. The number of nitrogens with zero attached hydrogens (tertiary/aromatic N) is 2. The van der Waals surface area contributed by atoms with Gasteiger partial charge in [0.2, 0.25) is 0 Å². The molecule has 1 aromatic carbocycles. The molecular weight excluding hydrogens is 378 g/mol. The van der Waals surface area contributed by atoms with Gasteiger partial charge < -0.3 is 0 Å². The molecule has 140 valence electrons. The Balaban J connectivity index is 1.97. The van der Waals surface area contributed by atoms with Crippen LogP contribution in [0.2, 0.25) is 0 Å². The van der Waals surface area contributed by atoms with Gasteiger partial charge in [0.25, 0.3) is 0 Å². The largest absolute Gasteiger partial charge is 0.254 e. The number of rotatable bonds is 7. The van der Waals surface area contributed by atoms with Crippen LogP contribution >= 0.6 is 11.3 Å². The Labute approximate surface area is 165 Å². The summed E-state index contributed by atoms with van der Waals surface area (Å²) in [5.41, 5.74) is 5.34. The Kier molecular flexibility index (Phi) is 6.63. The Hall–Kier alpha value is -2.19. The van der Waals surface area contributed by atoms with E-state index in [1.54, 1.807) is 23.9 Å². The summed E-state index contributed by atoms with van der Waals surface area (Å²) < 4.78 is 13.4. The Morgan fingerprint density at radius 2 is 2.19 bits per heavy atom.